The summed E-state index contributed by atoms with van der Waals surface area (Å²) in [6.07, 6.45) is 0. The number of carbonyl (C=O) groups is 1. The van der Waals surface area contributed by atoms with Gasteiger partial charge in [-0.05, 0) is 59.3 Å². The second-order valence-corrected chi connectivity index (χ2v) is 5.61. The van der Waals surface area contributed by atoms with Crippen molar-refractivity contribution in [2.75, 3.05) is 5.73 Å². The highest BCUT2D eigenvalue weighted by Gasteiger charge is 2.15. The van der Waals surface area contributed by atoms with Crippen molar-refractivity contribution in [3.05, 3.63) is 63.0 Å². The molecule has 20 heavy (non-hydrogen) atoms. The molecule has 2 aromatic carbocycles. The molecule has 0 fully saturated rings. The van der Waals surface area contributed by atoms with E-state index in [1.165, 1.54) is 18.2 Å². The smallest absolute Gasteiger partial charge is 0.252 e. The molecular weight excluding hydrogens is 370 g/mol. The van der Waals surface area contributed by atoms with Gasteiger partial charge in [0.1, 0.15) is 5.82 Å². The molecule has 0 radical (unpaired) electrons. The number of carbonyl (C=O) groups excluding carboxylic acids is 1. The normalized spacial score (nSPS) is 11.9. The standard InChI is InChI=1S/C15H14FIN2O/c1-9(11-4-2-3-5-14(11)18)19-15(20)12-7-6-10(16)8-13(12)17/h2-9H,18H2,1H3,(H,19,20). The minimum absolute atomic E-state index is 0.218. The minimum atomic E-state index is -0.355. The van der Waals surface area contributed by atoms with Gasteiger partial charge in [0.2, 0.25) is 0 Å². The lowest BCUT2D eigenvalue weighted by atomic mass is 10.1. The number of amides is 1. The first-order valence-corrected chi connectivity index (χ1v) is 7.17. The number of anilines is 1. The number of nitrogens with one attached hydrogen (secondary N) is 1. The Morgan fingerprint density at radius 1 is 1.30 bits per heavy atom. The van der Waals surface area contributed by atoms with Crippen LogP contribution in [0.4, 0.5) is 10.1 Å². The molecule has 1 amide bonds. The number of nitrogen functional groups attached to an aromatic ring is 1. The number of para-hydroxylation sites is 1. The second-order valence-electron chi connectivity index (χ2n) is 4.45. The van der Waals surface area contributed by atoms with Crippen LogP contribution in [0.15, 0.2) is 42.5 Å². The van der Waals surface area contributed by atoms with E-state index in [1.54, 1.807) is 6.07 Å². The zero-order valence-electron chi connectivity index (χ0n) is 10.9. The van der Waals surface area contributed by atoms with E-state index in [-0.39, 0.29) is 17.8 Å². The molecule has 104 valence electrons. The largest absolute Gasteiger partial charge is 0.398 e. The van der Waals surface area contributed by atoms with Gasteiger partial charge in [-0.15, -0.1) is 0 Å². The summed E-state index contributed by atoms with van der Waals surface area (Å²) in [6, 6.07) is 11.2. The molecule has 0 saturated carbocycles. The molecule has 0 aliphatic heterocycles. The third-order valence-corrected chi connectivity index (χ3v) is 3.88. The fourth-order valence-corrected chi connectivity index (χ4v) is 2.65. The first-order chi connectivity index (χ1) is 9.49. The molecule has 0 aliphatic carbocycles. The molecule has 1 atom stereocenters. The highest BCUT2D eigenvalue weighted by molar-refractivity contribution is 14.1. The van der Waals surface area contributed by atoms with Crippen LogP contribution >= 0.6 is 22.6 Å². The Balaban J connectivity index is 2.17. The Labute approximate surface area is 130 Å². The summed E-state index contributed by atoms with van der Waals surface area (Å²) in [5.74, 6) is -0.601. The molecule has 5 heteroatoms. The van der Waals surface area contributed by atoms with Crippen molar-refractivity contribution in [1.29, 1.82) is 0 Å². The number of rotatable bonds is 3. The summed E-state index contributed by atoms with van der Waals surface area (Å²) in [5, 5.41) is 2.87. The predicted molar refractivity (Wildman–Crippen MR) is 85.9 cm³/mol. The Hall–Kier alpha value is -1.63. The van der Waals surface area contributed by atoms with Crippen molar-refractivity contribution < 1.29 is 9.18 Å². The maximum absolute atomic E-state index is 13.0. The molecule has 0 bridgehead atoms. The van der Waals surface area contributed by atoms with Crippen molar-refractivity contribution >= 4 is 34.2 Å². The number of hydrogen-bond acceptors (Lipinski definition) is 2. The van der Waals surface area contributed by atoms with E-state index in [9.17, 15) is 9.18 Å². The van der Waals surface area contributed by atoms with Gasteiger partial charge in [-0.1, -0.05) is 18.2 Å². The first kappa shape index (κ1) is 14.8. The Bertz CT molecular complexity index is 646. The van der Waals surface area contributed by atoms with E-state index < -0.39 is 0 Å². The molecule has 0 aliphatic rings. The van der Waals surface area contributed by atoms with Gasteiger partial charge < -0.3 is 11.1 Å². The first-order valence-electron chi connectivity index (χ1n) is 6.09. The lowest BCUT2D eigenvalue weighted by Crippen LogP contribution is -2.27. The quantitative estimate of drug-likeness (QED) is 0.629. The van der Waals surface area contributed by atoms with Gasteiger partial charge in [0.25, 0.3) is 5.91 Å². The van der Waals surface area contributed by atoms with Crippen LogP contribution in [0.1, 0.15) is 28.9 Å². The maximum Gasteiger partial charge on any atom is 0.252 e. The van der Waals surface area contributed by atoms with Crippen LogP contribution in [0.3, 0.4) is 0 Å². The van der Waals surface area contributed by atoms with E-state index in [1.807, 2.05) is 47.7 Å². The van der Waals surface area contributed by atoms with E-state index in [2.05, 4.69) is 5.32 Å². The average Bonchev–Trinajstić information content (AvgIpc) is 2.38. The van der Waals surface area contributed by atoms with Crippen LogP contribution < -0.4 is 11.1 Å². The fraction of sp³-hybridized carbons (Fsp3) is 0.133. The van der Waals surface area contributed by atoms with Crippen LogP contribution in [0, 0.1) is 9.39 Å². The van der Waals surface area contributed by atoms with Crippen LogP contribution in [0.25, 0.3) is 0 Å². The molecule has 2 aromatic rings. The number of halogens is 2. The van der Waals surface area contributed by atoms with E-state index in [0.29, 0.717) is 14.8 Å². The van der Waals surface area contributed by atoms with Crippen LogP contribution in [0.5, 0.6) is 0 Å². The van der Waals surface area contributed by atoms with Crippen molar-refractivity contribution in [2.24, 2.45) is 0 Å². The summed E-state index contributed by atoms with van der Waals surface area (Å²) in [5.41, 5.74) is 7.83. The maximum atomic E-state index is 13.0. The van der Waals surface area contributed by atoms with Gasteiger partial charge in [0.15, 0.2) is 0 Å². The third-order valence-electron chi connectivity index (χ3n) is 2.99. The van der Waals surface area contributed by atoms with E-state index in [0.717, 1.165) is 5.56 Å². The topological polar surface area (TPSA) is 55.1 Å². The zero-order valence-corrected chi connectivity index (χ0v) is 13.0. The summed E-state index contributed by atoms with van der Waals surface area (Å²) in [4.78, 5) is 12.2. The van der Waals surface area contributed by atoms with Gasteiger partial charge in [-0.3, -0.25) is 4.79 Å². The Morgan fingerprint density at radius 2 is 2.00 bits per heavy atom. The third kappa shape index (κ3) is 3.27. The second kappa shape index (κ2) is 6.21. The lowest BCUT2D eigenvalue weighted by molar-refractivity contribution is 0.0939. The van der Waals surface area contributed by atoms with Gasteiger partial charge >= 0.3 is 0 Å². The molecular formula is C15H14FIN2O. The summed E-state index contributed by atoms with van der Waals surface area (Å²) >= 11 is 1.94. The predicted octanol–water partition coefficient (Wildman–Crippen LogP) is 3.50. The number of nitrogens with two attached hydrogens (primary N) is 1. The van der Waals surface area contributed by atoms with Crippen molar-refractivity contribution in [1.82, 2.24) is 5.32 Å². The molecule has 3 N–H and O–H groups in total. The van der Waals surface area contributed by atoms with Crippen molar-refractivity contribution in [3.63, 3.8) is 0 Å². The molecule has 3 nitrogen and oxygen atoms in total. The minimum Gasteiger partial charge on any atom is -0.398 e. The lowest BCUT2D eigenvalue weighted by Gasteiger charge is -2.16. The number of hydrogen-bond donors (Lipinski definition) is 2. The van der Waals surface area contributed by atoms with Gasteiger partial charge in [-0.25, -0.2) is 4.39 Å². The fourth-order valence-electron chi connectivity index (χ4n) is 1.93. The van der Waals surface area contributed by atoms with Gasteiger partial charge in [0, 0.05) is 9.26 Å². The van der Waals surface area contributed by atoms with Crippen LogP contribution in [-0.2, 0) is 0 Å². The summed E-state index contributed by atoms with van der Waals surface area (Å²) in [7, 11) is 0. The summed E-state index contributed by atoms with van der Waals surface area (Å²) in [6.45, 7) is 1.86. The van der Waals surface area contributed by atoms with Gasteiger partial charge in [-0.2, -0.15) is 0 Å². The van der Waals surface area contributed by atoms with Crippen molar-refractivity contribution in [3.8, 4) is 0 Å². The Kier molecular flexibility index (Phi) is 4.59. The highest BCUT2D eigenvalue weighted by Crippen LogP contribution is 2.21. The molecule has 2 rings (SSSR count). The monoisotopic (exact) mass is 384 g/mol. The highest BCUT2D eigenvalue weighted by atomic mass is 127. The summed E-state index contributed by atoms with van der Waals surface area (Å²) < 4.78 is 13.6. The van der Waals surface area contributed by atoms with Crippen LogP contribution in [0.2, 0.25) is 0 Å². The zero-order chi connectivity index (χ0) is 14.7. The molecule has 0 heterocycles. The van der Waals surface area contributed by atoms with E-state index >= 15 is 0 Å². The molecule has 0 aromatic heterocycles. The Morgan fingerprint density at radius 3 is 2.65 bits per heavy atom. The molecule has 0 saturated heterocycles. The SMILES string of the molecule is CC(NC(=O)c1ccc(F)cc1I)c1ccccc1N. The molecule has 0 spiro atoms. The van der Waals surface area contributed by atoms with E-state index in [4.69, 9.17) is 5.73 Å². The number of benzene rings is 2. The van der Waals surface area contributed by atoms with Crippen molar-refractivity contribution in [2.45, 2.75) is 13.0 Å². The molecule has 1 unspecified atom stereocenters. The van der Waals surface area contributed by atoms with Gasteiger partial charge in [0.05, 0.1) is 11.6 Å². The average molecular weight is 384 g/mol. The van der Waals surface area contributed by atoms with Crippen LogP contribution in [-0.4, -0.2) is 5.91 Å².